The molecule has 1 aromatic carbocycles. The van der Waals surface area contributed by atoms with Crippen molar-refractivity contribution < 1.29 is 9.53 Å². The highest BCUT2D eigenvalue weighted by Gasteiger charge is 2.18. The van der Waals surface area contributed by atoms with E-state index in [1.807, 2.05) is 25.3 Å². The number of benzene rings is 1. The zero-order valence-electron chi connectivity index (χ0n) is 15.4. The van der Waals surface area contributed by atoms with Crippen LogP contribution in [0.4, 0.5) is 11.4 Å². The number of carbonyl (C=O) groups excluding carboxylic acids is 1. The van der Waals surface area contributed by atoms with Crippen LogP contribution in [-0.4, -0.2) is 31.1 Å². The number of hydrogen-bond donors (Lipinski definition) is 1. The van der Waals surface area contributed by atoms with Gasteiger partial charge in [0.15, 0.2) is 0 Å². The zero-order valence-corrected chi connectivity index (χ0v) is 16.1. The molecule has 1 fully saturated rings. The number of ether oxygens (including phenoxy) is 1. The van der Waals surface area contributed by atoms with Gasteiger partial charge in [0.1, 0.15) is 5.75 Å². The van der Waals surface area contributed by atoms with Crippen LogP contribution >= 0.6 is 11.6 Å². The summed E-state index contributed by atoms with van der Waals surface area (Å²) in [6.07, 6.45) is 5.82. The normalized spacial score (nSPS) is 17.1. The van der Waals surface area contributed by atoms with E-state index in [0.29, 0.717) is 27.9 Å². The third-order valence-electron chi connectivity index (χ3n) is 4.74. The number of aryl methyl sites for hydroxylation is 1. The van der Waals surface area contributed by atoms with Gasteiger partial charge in [0, 0.05) is 30.4 Å². The molecule has 1 N–H and O–H groups in total. The van der Waals surface area contributed by atoms with Crippen LogP contribution in [0.3, 0.4) is 0 Å². The van der Waals surface area contributed by atoms with Gasteiger partial charge in [-0.25, -0.2) is 0 Å². The summed E-state index contributed by atoms with van der Waals surface area (Å²) in [4.78, 5) is 19.3. The van der Waals surface area contributed by atoms with Crippen molar-refractivity contribution in [2.45, 2.75) is 26.7 Å². The Morgan fingerprint density at radius 2 is 2.15 bits per heavy atom. The summed E-state index contributed by atoms with van der Waals surface area (Å²) >= 11 is 6.13. The van der Waals surface area contributed by atoms with Crippen molar-refractivity contribution in [3.05, 3.63) is 46.7 Å². The number of nitrogens with zero attached hydrogens (tertiary/aromatic N) is 2. The minimum Gasteiger partial charge on any atom is -0.495 e. The van der Waals surface area contributed by atoms with Gasteiger partial charge in [0.25, 0.3) is 5.91 Å². The number of anilines is 2. The quantitative estimate of drug-likeness (QED) is 0.854. The van der Waals surface area contributed by atoms with Crippen LogP contribution in [0.15, 0.2) is 30.6 Å². The van der Waals surface area contributed by atoms with E-state index in [1.165, 1.54) is 12.8 Å². The van der Waals surface area contributed by atoms with Crippen molar-refractivity contribution in [3.63, 3.8) is 0 Å². The van der Waals surface area contributed by atoms with Crippen molar-refractivity contribution in [2.24, 2.45) is 5.92 Å². The molecule has 1 aliphatic heterocycles. The Morgan fingerprint density at radius 1 is 1.35 bits per heavy atom. The lowest BCUT2D eigenvalue weighted by atomic mass is 10.00. The molecule has 138 valence electrons. The maximum atomic E-state index is 12.7. The largest absolute Gasteiger partial charge is 0.495 e. The van der Waals surface area contributed by atoms with Gasteiger partial charge in [-0.15, -0.1) is 0 Å². The molecule has 1 amide bonds. The summed E-state index contributed by atoms with van der Waals surface area (Å²) in [5, 5.41) is 3.50. The van der Waals surface area contributed by atoms with Gasteiger partial charge < -0.3 is 15.0 Å². The van der Waals surface area contributed by atoms with E-state index >= 15 is 0 Å². The highest BCUT2D eigenvalue weighted by atomic mass is 35.5. The number of amides is 1. The summed E-state index contributed by atoms with van der Waals surface area (Å²) in [7, 11) is 1.55. The number of methoxy groups -OCH3 is 1. The maximum absolute atomic E-state index is 12.7. The van der Waals surface area contributed by atoms with Crippen LogP contribution in [0.5, 0.6) is 5.75 Å². The number of pyridine rings is 1. The topological polar surface area (TPSA) is 54.5 Å². The van der Waals surface area contributed by atoms with E-state index in [-0.39, 0.29) is 5.91 Å². The molecule has 26 heavy (non-hydrogen) atoms. The lowest BCUT2D eigenvalue weighted by Crippen LogP contribution is -2.34. The average Bonchev–Trinajstić information content (AvgIpc) is 2.64. The molecular weight excluding hydrogens is 350 g/mol. The Hall–Kier alpha value is -2.27. The fourth-order valence-electron chi connectivity index (χ4n) is 3.27. The van der Waals surface area contributed by atoms with Crippen molar-refractivity contribution in [1.82, 2.24) is 4.98 Å². The molecule has 0 spiro atoms. The monoisotopic (exact) mass is 373 g/mol. The highest BCUT2D eigenvalue weighted by molar-refractivity contribution is 6.31. The summed E-state index contributed by atoms with van der Waals surface area (Å²) < 4.78 is 5.33. The molecule has 1 atom stereocenters. The Kier molecular flexibility index (Phi) is 5.67. The lowest BCUT2D eigenvalue weighted by molar-refractivity contribution is 0.102. The minimum absolute atomic E-state index is 0.218. The number of rotatable bonds is 4. The third-order valence-corrected chi connectivity index (χ3v) is 5.14. The van der Waals surface area contributed by atoms with Crippen LogP contribution in [0.1, 0.15) is 35.7 Å². The lowest BCUT2D eigenvalue weighted by Gasteiger charge is -2.32. The highest BCUT2D eigenvalue weighted by Crippen LogP contribution is 2.31. The Bertz CT molecular complexity index is 810. The molecule has 0 bridgehead atoms. The third kappa shape index (κ3) is 4.10. The first-order valence-corrected chi connectivity index (χ1v) is 9.21. The smallest absolute Gasteiger partial charge is 0.257 e. The van der Waals surface area contributed by atoms with Crippen molar-refractivity contribution in [2.75, 3.05) is 30.4 Å². The zero-order chi connectivity index (χ0) is 18.7. The first kappa shape index (κ1) is 18.5. The van der Waals surface area contributed by atoms with E-state index in [2.05, 4.69) is 22.1 Å². The first-order valence-electron chi connectivity index (χ1n) is 8.83. The van der Waals surface area contributed by atoms with E-state index in [4.69, 9.17) is 16.3 Å². The fourth-order valence-corrected chi connectivity index (χ4v) is 3.43. The fraction of sp³-hybridized carbons (Fsp3) is 0.400. The van der Waals surface area contributed by atoms with Crippen LogP contribution < -0.4 is 15.0 Å². The van der Waals surface area contributed by atoms with Crippen molar-refractivity contribution in [3.8, 4) is 5.75 Å². The van der Waals surface area contributed by atoms with E-state index in [9.17, 15) is 4.79 Å². The molecule has 0 aliphatic carbocycles. The van der Waals surface area contributed by atoms with Crippen LogP contribution in [0, 0.1) is 12.8 Å². The number of halogens is 1. The Labute approximate surface area is 159 Å². The summed E-state index contributed by atoms with van der Waals surface area (Å²) in [5.41, 5.74) is 2.98. The molecular formula is C20H24ClN3O2. The predicted molar refractivity (Wildman–Crippen MR) is 106 cm³/mol. The van der Waals surface area contributed by atoms with Gasteiger partial charge in [0.05, 0.1) is 30.2 Å². The average molecular weight is 374 g/mol. The molecule has 1 aromatic heterocycles. The van der Waals surface area contributed by atoms with Crippen molar-refractivity contribution in [1.29, 1.82) is 0 Å². The van der Waals surface area contributed by atoms with Gasteiger partial charge in [0.2, 0.25) is 0 Å². The van der Waals surface area contributed by atoms with Gasteiger partial charge in [-0.3, -0.25) is 9.78 Å². The molecule has 5 nitrogen and oxygen atoms in total. The molecule has 0 radical (unpaired) electrons. The molecule has 3 rings (SSSR count). The number of carbonyl (C=O) groups is 1. The number of nitrogens with one attached hydrogen (secondary N) is 1. The molecule has 1 unspecified atom stereocenters. The molecule has 6 heteroatoms. The predicted octanol–water partition coefficient (Wildman–Crippen LogP) is 4.54. The SMILES string of the molecule is COc1cc(Cl)c(C)cc1NC(=O)c1cncc(N2CCCC(C)C2)c1. The summed E-state index contributed by atoms with van der Waals surface area (Å²) in [6, 6.07) is 5.41. The second kappa shape index (κ2) is 7.96. The Morgan fingerprint density at radius 3 is 2.88 bits per heavy atom. The van der Waals surface area contributed by atoms with E-state index in [1.54, 1.807) is 19.4 Å². The van der Waals surface area contributed by atoms with Crippen LogP contribution in [0.2, 0.25) is 5.02 Å². The molecule has 1 aliphatic rings. The maximum Gasteiger partial charge on any atom is 0.257 e. The van der Waals surface area contributed by atoms with Crippen LogP contribution in [0.25, 0.3) is 0 Å². The molecule has 2 heterocycles. The second-order valence-corrected chi connectivity index (χ2v) is 7.29. The molecule has 2 aromatic rings. The van der Waals surface area contributed by atoms with E-state index in [0.717, 1.165) is 24.3 Å². The molecule has 0 saturated carbocycles. The van der Waals surface area contributed by atoms with Gasteiger partial charge >= 0.3 is 0 Å². The number of aromatic nitrogens is 1. The van der Waals surface area contributed by atoms with Gasteiger partial charge in [-0.2, -0.15) is 0 Å². The summed E-state index contributed by atoms with van der Waals surface area (Å²) in [5.74, 6) is 0.967. The van der Waals surface area contributed by atoms with Gasteiger partial charge in [-0.1, -0.05) is 18.5 Å². The van der Waals surface area contributed by atoms with Gasteiger partial charge in [-0.05, 0) is 43.4 Å². The minimum atomic E-state index is -0.218. The van der Waals surface area contributed by atoms with Crippen LogP contribution in [-0.2, 0) is 0 Å². The second-order valence-electron chi connectivity index (χ2n) is 6.88. The number of piperidine rings is 1. The standard InChI is InChI=1S/C20H24ClN3O2/c1-13-5-4-6-24(12-13)16-8-15(10-22-11-16)20(25)23-18-7-14(2)17(21)9-19(18)26-3/h7-11,13H,4-6,12H2,1-3H3,(H,23,25). The van der Waals surface area contributed by atoms with E-state index < -0.39 is 0 Å². The Balaban J connectivity index is 1.80. The summed E-state index contributed by atoms with van der Waals surface area (Å²) in [6.45, 7) is 6.14. The number of hydrogen-bond acceptors (Lipinski definition) is 4. The first-order chi connectivity index (χ1) is 12.5. The van der Waals surface area contributed by atoms with Crippen molar-refractivity contribution >= 4 is 28.9 Å². The molecule has 1 saturated heterocycles.